The predicted molar refractivity (Wildman–Crippen MR) is 80.7 cm³/mol. The molecule has 1 atom stereocenters. The van der Waals surface area contributed by atoms with Crippen molar-refractivity contribution in [2.24, 2.45) is 0 Å². The second-order valence-corrected chi connectivity index (χ2v) is 5.67. The summed E-state index contributed by atoms with van der Waals surface area (Å²) in [6.45, 7) is 1.60. The zero-order valence-corrected chi connectivity index (χ0v) is 12.6. The second-order valence-electron chi connectivity index (χ2n) is 5.26. The van der Waals surface area contributed by atoms with Gasteiger partial charge in [-0.05, 0) is 32.5 Å². The van der Waals surface area contributed by atoms with Crippen molar-refractivity contribution in [1.29, 1.82) is 0 Å². The summed E-state index contributed by atoms with van der Waals surface area (Å²) in [6, 6.07) is 4.21. The summed E-state index contributed by atoms with van der Waals surface area (Å²) in [6.07, 6.45) is 3.42. The molecule has 0 saturated carbocycles. The van der Waals surface area contributed by atoms with Crippen molar-refractivity contribution >= 4 is 23.2 Å². The molecule has 1 aromatic rings. The number of nitro benzene ring substituents is 1. The van der Waals surface area contributed by atoms with Gasteiger partial charge in [0.2, 0.25) is 0 Å². The number of rotatable bonds is 4. The van der Waals surface area contributed by atoms with Crippen molar-refractivity contribution in [3.8, 4) is 0 Å². The van der Waals surface area contributed by atoms with E-state index >= 15 is 0 Å². The molecule has 1 heterocycles. The molecule has 1 saturated heterocycles. The van der Waals surface area contributed by atoms with Gasteiger partial charge in [-0.2, -0.15) is 0 Å². The number of hydrogen-bond acceptors (Lipinski definition) is 4. The van der Waals surface area contributed by atoms with Crippen LogP contribution in [0, 0.1) is 10.1 Å². The highest BCUT2D eigenvalue weighted by molar-refractivity contribution is 6.34. The Morgan fingerprint density at radius 1 is 1.52 bits per heavy atom. The van der Waals surface area contributed by atoms with Crippen LogP contribution in [0.4, 0.5) is 5.69 Å². The Labute approximate surface area is 128 Å². The maximum Gasteiger partial charge on any atom is 0.270 e. The first-order valence-electron chi connectivity index (χ1n) is 6.91. The lowest BCUT2D eigenvalue weighted by molar-refractivity contribution is -0.384. The molecule has 1 amide bonds. The molecule has 114 valence electrons. The van der Waals surface area contributed by atoms with Crippen LogP contribution in [0.25, 0.3) is 0 Å². The largest absolute Gasteiger partial charge is 0.350 e. The van der Waals surface area contributed by atoms with Crippen molar-refractivity contribution < 1.29 is 9.72 Å². The molecule has 1 aliphatic rings. The van der Waals surface area contributed by atoms with Crippen molar-refractivity contribution in [3.63, 3.8) is 0 Å². The summed E-state index contributed by atoms with van der Waals surface area (Å²) in [5.41, 5.74) is 0.143. The zero-order valence-electron chi connectivity index (χ0n) is 11.8. The lowest BCUT2D eigenvalue weighted by Gasteiger charge is -2.32. The lowest BCUT2D eigenvalue weighted by atomic mass is 10.0. The van der Waals surface area contributed by atoms with E-state index in [1.165, 1.54) is 31.0 Å². The van der Waals surface area contributed by atoms with Gasteiger partial charge in [-0.25, -0.2) is 0 Å². The van der Waals surface area contributed by atoms with Crippen LogP contribution in [0.3, 0.4) is 0 Å². The van der Waals surface area contributed by atoms with Crippen molar-refractivity contribution in [3.05, 3.63) is 38.9 Å². The van der Waals surface area contributed by atoms with Crippen LogP contribution in [0.15, 0.2) is 18.2 Å². The number of amides is 1. The van der Waals surface area contributed by atoms with Gasteiger partial charge in [0.05, 0.1) is 15.5 Å². The standard InChI is InChI=1S/C14H18ClN3O3/c1-17-7-3-2-4-11(17)9-16-14(19)12-6-5-10(18(20)21)8-13(12)15/h5-6,8,11H,2-4,7,9H2,1H3,(H,16,19). The first kappa shape index (κ1) is 15.7. The molecule has 1 aliphatic heterocycles. The molecule has 7 heteroatoms. The summed E-state index contributed by atoms with van der Waals surface area (Å²) < 4.78 is 0. The zero-order chi connectivity index (χ0) is 15.4. The number of nitrogens with zero attached hydrogens (tertiary/aromatic N) is 2. The topological polar surface area (TPSA) is 75.5 Å². The molecule has 0 radical (unpaired) electrons. The Balaban J connectivity index is 1.98. The maximum atomic E-state index is 12.1. The van der Waals surface area contributed by atoms with Crippen LogP contribution >= 0.6 is 11.6 Å². The smallest absolute Gasteiger partial charge is 0.270 e. The Kier molecular flexibility index (Phi) is 5.14. The third-order valence-corrected chi connectivity index (χ3v) is 4.14. The monoisotopic (exact) mass is 311 g/mol. The van der Waals surface area contributed by atoms with Crippen LogP contribution < -0.4 is 5.32 Å². The summed E-state index contributed by atoms with van der Waals surface area (Å²) in [7, 11) is 2.05. The lowest BCUT2D eigenvalue weighted by Crippen LogP contribution is -2.44. The Morgan fingerprint density at radius 2 is 2.29 bits per heavy atom. The highest BCUT2D eigenvalue weighted by Gasteiger charge is 2.20. The summed E-state index contributed by atoms with van der Waals surface area (Å²) in [4.78, 5) is 24.5. The molecular formula is C14H18ClN3O3. The number of halogens is 1. The fraction of sp³-hybridized carbons (Fsp3) is 0.500. The first-order valence-corrected chi connectivity index (χ1v) is 7.29. The SMILES string of the molecule is CN1CCCCC1CNC(=O)c1ccc([N+](=O)[O-])cc1Cl. The van der Waals surface area contributed by atoms with Gasteiger partial charge in [0.15, 0.2) is 0 Å². The van der Waals surface area contributed by atoms with Crippen LogP contribution in [0.1, 0.15) is 29.6 Å². The number of nitro groups is 1. The molecule has 1 N–H and O–H groups in total. The minimum Gasteiger partial charge on any atom is -0.350 e. The van der Waals surface area contributed by atoms with Crippen molar-refractivity contribution in [2.45, 2.75) is 25.3 Å². The highest BCUT2D eigenvalue weighted by atomic mass is 35.5. The summed E-state index contributed by atoms with van der Waals surface area (Å²) in [5, 5.41) is 13.6. The Hall–Kier alpha value is -1.66. The van der Waals surface area contributed by atoms with E-state index in [0.29, 0.717) is 12.6 Å². The molecule has 1 aromatic carbocycles. The van der Waals surface area contributed by atoms with E-state index in [0.717, 1.165) is 13.0 Å². The van der Waals surface area contributed by atoms with E-state index in [9.17, 15) is 14.9 Å². The van der Waals surface area contributed by atoms with Gasteiger partial charge in [-0.1, -0.05) is 18.0 Å². The highest BCUT2D eigenvalue weighted by Crippen LogP contribution is 2.22. The maximum absolute atomic E-state index is 12.1. The van der Waals surface area contributed by atoms with Gasteiger partial charge < -0.3 is 10.2 Å². The second kappa shape index (κ2) is 6.87. The molecule has 0 spiro atoms. The molecule has 2 rings (SSSR count). The van der Waals surface area contributed by atoms with E-state index in [2.05, 4.69) is 17.3 Å². The Bertz CT molecular complexity index is 550. The average molecular weight is 312 g/mol. The molecule has 0 aromatic heterocycles. The minimum atomic E-state index is -0.537. The van der Waals surface area contributed by atoms with Crippen molar-refractivity contribution in [1.82, 2.24) is 10.2 Å². The number of piperidine rings is 1. The normalized spacial score (nSPS) is 19.2. The van der Waals surface area contributed by atoms with Gasteiger partial charge in [0.1, 0.15) is 0 Å². The quantitative estimate of drug-likeness (QED) is 0.684. The van der Waals surface area contributed by atoms with Crippen LogP contribution in [-0.2, 0) is 0 Å². The molecule has 1 unspecified atom stereocenters. The molecular weight excluding hydrogens is 294 g/mol. The van der Waals surface area contributed by atoms with Gasteiger partial charge in [-0.3, -0.25) is 14.9 Å². The first-order chi connectivity index (χ1) is 9.99. The molecule has 1 fully saturated rings. The third kappa shape index (κ3) is 3.92. The van der Waals surface area contributed by atoms with Crippen LogP contribution in [0.5, 0.6) is 0 Å². The number of likely N-dealkylation sites (tertiary alicyclic amines) is 1. The predicted octanol–water partition coefficient (Wildman–Crippen LogP) is 2.46. The van der Waals surface area contributed by atoms with E-state index < -0.39 is 4.92 Å². The summed E-state index contributed by atoms with van der Waals surface area (Å²) >= 11 is 5.94. The number of carbonyl (C=O) groups is 1. The van der Waals surface area contributed by atoms with E-state index in [1.54, 1.807) is 0 Å². The molecule has 21 heavy (non-hydrogen) atoms. The Morgan fingerprint density at radius 3 is 2.90 bits per heavy atom. The summed E-state index contributed by atoms with van der Waals surface area (Å²) in [5.74, 6) is -0.297. The average Bonchev–Trinajstić information content (AvgIpc) is 2.46. The number of carbonyl (C=O) groups excluding carboxylic acids is 1. The fourth-order valence-electron chi connectivity index (χ4n) is 2.51. The van der Waals surface area contributed by atoms with E-state index in [1.807, 2.05) is 0 Å². The number of nitrogens with one attached hydrogen (secondary N) is 1. The molecule has 0 aliphatic carbocycles. The van der Waals surface area contributed by atoms with Crippen LogP contribution in [0.2, 0.25) is 5.02 Å². The van der Waals surface area contributed by atoms with Gasteiger partial charge in [0, 0.05) is 24.7 Å². The fourth-order valence-corrected chi connectivity index (χ4v) is 2.77. The van der Waals surface area contributed by atoms with Crippen LogP contribution in [-0.4, -0.2) is 41.9 Å². The number of benzene rings is 1. The minimum absolute atomic E-state index is 0.0960. The van der Waals surface area contributed by atoms with Crippen molar-refractivity contribution in [2.75, 3.05) is 20.1 Å². The number of likely N-dealkylation sites (N-methyl/N-ethyl adjacent to an activating group) is 1. The number of non-ortho nitro benzene ring substituents is 1. The number of hydrogen-bond donors (Lipinski definition) is 1. The van der Waals surface area contributed by atoms with E-state index in [4.69, 9.17) is 11.6 Å². The molecule has 6 nitrogen and oxygen atoms in total. The van der Waals surface area contributed by atoms with Gasteiger partial charge in [0.25, 0.3) is 11.6 Å². The molecule has 0 bridgehead atoms. The third-order valence-electron chi connectivity index (χ3n) is 3.83. The van der Waals surface area contributed by atoms with Gasteiger partial charge in [-0.15, -0.1) is 0 Å². The van der Waals surface area contributed by atoms with E-state index in [-0.39, 0.29) is 22.2 Å². The van der Waals surface area contributed by atoms with Gasteiger partial charge >= 0.3 is 0 Å².